The molecule has 0 aromatic carbocycles. The van der Waals surface area contributed by atoms with E-state index in [2.05, 4.69) is 31.2 Å². The predicted octanol–water partition coefficient (Wildman–Crippen LogP) is -1.13. The molecule has 0 bridgehead atoms. The molecule has 0 unspecified atom stereocenters. The number of hydrogen-bond acceptors (Lipinski definition) is 0. The molecule has 0 aromatic rings. The van der Waals surface area contributed by atoms with Gasteiger partial charge in [-0.05, 0) is 5.92 Å². The van der Waals surface area contributed by atoms with Gasteiger partial charge in [0.15, 0.2) is 0 Å². The normalized spacial score (nSPS) is 17.3. The van der Waals surface area contributed by atoms with Crippen LogP contribution in [0.4, 0.5) is 0 Å². The molecule has 0 nitrogen and oxygen atoms in total. The van der Waals surface area contributed by atoms with E-state index in [1.54, 1.807) is 0 Å². The van der Waals surface area contributed by atoms with Crippen molar-refractivity contribution >= 4 is 0 Å². The van der Waals surface area contributed by atoms with Crippen molar-refractivity contribution in [3.8, 4) is 0 Å². The summed E-state index contributed by atoms with van der Waals surface area (Å²) in [5.41, 5.74) is 0. The zero-order valence-corrected chi connectivity index (χ0v) is 4.89. The van der Waals surface area contributed by atoms with Gasteiger partial charge in [-0.25, -0.2) is 0 Å². The second-order valence-electron chi connectivity index (χ2n) is 1.63. The Labute approximate surface area is 58.0 Å². The van der Waals surface area contributed by atoms with Crippen LogP contribution in [0.3, 0.4) is 0 Å². The summed E-state index contributed by atoms with van der Waals surface area (Å²) in [5, 5.41) is 0. The fourth-order valence-electron chi connectivity index (χ4n) is 0.543. The second kappa shape index (κ2) is 3.13. The van der Waals surface area contributed by atoms with Gasteiger partial charge >= 0.3 is 18.9 Å². The SMILES string of the molecule is CC1C=CC=C1.[H-].[Li+]. The molecule has 0 fully saturated rings. The fourth-order valence-corrected chi connectivity index (χ4v) is 0.543. The summed E-state index contributed by atoms with van der Waals surface area (Å²) in [7, 11) is 0. The van der Waals surface area contributed by atoms with Gasteiger partial charge in [0.1, 0.15) is 0 Å². The van der Waals surface area contributed by atoms with Crippen LogP contribution in [0.1, 0.15) is 8.35 Å². The van der Waals surface area contributed by atoms with E-state index in [1.165, 1.54) is 0 Å². The Bertz CT molecular complexity index is 84.7. The van der Waals surface area contributed by atoms with Crippen molar-refractivity contribution in [3.05, 3.63) is 24.3 Å². The maximum absolute atomic E-state index is 2.17. The fraction of sp³-hybridized carbons (Fsp3) is 0.333. The topological polar surface area (TPSA) is 0 Å². The first-order valence-electron chi connectivity index (χ1n) is 2.24. The maximum Gasteiger partial charge on any atom is 1.00 e. The van der Waals surface area contributed by atoms with E-state index in [0.29, 0.717) is 5.92 Å². The van der Waals surface area contributed by atoms with Crippen LogP contribution < -0.4 is 18.9 Å². The van der Waals surface area contributed by atoms with Gasteiger partial charge in [-0.2, -0.15) is 0 Å². The molecular weight excluding hydrogens is 79.0 g/mol. The van der Waals surface area contributed by atoms with Crippen LogP contribution in [0, 0.1) is 5.92 Å². The van der Waals surface area contributed by atoms with Crippen LogP contribution in [0.5, 0.6) is 0 Å². The first-order valence-corrected chi connectivity index (χ1v) is 2.24. The van der Waals surface area contributed by atoms with Crippen LogP contribution in [0.25, 0.3) is 0 Å². The minimum Gasteiger partial charge on any atom is -1.00 e. The van der Waals surface area contributed by atoms with Crippen molar-refractivity contribution in [1.29, 1.82) is 0 Å². The molecule has 1 aliphatic rings. The quantitative estimate of drug-likeness (QED) is 0.328. The van der Waals surface area contributed by atoms with Crippen molar-refractivity contribution in [3.63, 3.8) is 0 Å². The molecule has 34 valence electrons. The molecule has 0 aromatic heterocycles. The van der Waals surface area contributed by atoms with Gasteiger partial charge in [-0.3, -0.25) is 0 Å². The Morgan fingerprint density at radius 1 is 1.29 bits per heavy atom. The molecule has 0 radical (unpaired) electrons. The Morgan fingerprint density at radius 2 is 1.71 bits per heavy atom. The van der Waals surface area contributed by atoms with Gasteiger partial charge in [0.25, 0.3) is 0 Å². The summed E-state index contributed by atoms with van der Waals surface area (Å²) in [6.45, 7) is 2.17. The predicted molar refractivity (Wildman–Crippen MR) is 28.6 cm³/mol. The third-order valence-corrected chi connectivity index (χ3v) is 0.940. The third kappa shape index (κ3) is 2.02. The van der Waals surface area contributed by atoms with Crippen molar-refractivity contribution in [1.82, 2.24) is 0 Å². The van der Waals surface area contributed by atoms with Gasteiger partial charge in [-0.1, -0.05) is 31.2 Å². The molecule has 1 rings (SSSR count). The van der Waals surface area contributed by atoms with Crippen molar-refractivity contribution in [2.45, 2.75) is 6.92 Å². The Morgan fingerprint density at radius 3 is 1.86 bits per heavy atom. The van der Waals surface area contributed by atoms with E-state index in [4.69, 9.17) is 0 Å². The minimum absolute atomic E-state index is 0. The molecule has 0 saturated heterocycles. The van der Waals surface area contributed by atoms with Crippen molar-refractivity contribution < 1.29 is 20.3 Å². The molecule has 0 atom stereocenters. The van der Waals surface area contributed by atoms with Gasteiger partial charge in [-0.15, -0.1) is 0 Å². The van der Waals surface area contributed by atoms with Gasteiger partial charge in [0.05, 0.1) is 0 Å². The van der Waals surface area contributed by atoms with Gasteiger partial charge in [0.2, 0.25) is 0 Å². The van der Waals surface area contributed by atoms with E-state index in [1.807, 2.05) is 0 Å². The molecule has 7 heavy (non-hydrogen) atoms. The van der Waals surface area contributed by atoms with E-state index < -0.39 is 0 Å². The van der Waals surface area contributed by atoms with Crippen molar-refractivity contribution in [2.24, 2.45) is 5.92 Å². The zero-order valence-electron chi connectivity index (χ0n) is 5.89. The number of hydrogen-bond donors (Lipinski definition) is 0. The van der Waals surface area contributed by atoms with Crippen LogP contribution in [-0.2, 0) is 0 Å². The maximum atomic E-state index is 2.17. The molecule has 0 N–H and O–H groups in total. The van der Waals surface area contributed by atoms with E-state index in [-0.39, 0.29) is 20.3 Å². The first kappa shape index (κ1) is 7.08. The Hall–Kier alpha value is 0.0774. The molecule has 0 aliphatic heterocycles. The molecular formula is C6H9Li. The van der Waals surface area contributed by atoms with Crippen LogP contribution in [-0.4, -0.2) is 0 Å². The second-order valence-corrected chi connectivity index (χ2v) is 1.63. The summed E-state index contributed by atoms with van der Waals surface area (Å²) in [4.78, 5) is 0. The average molecular weight is 88.1 g/mol. The smallest absolute Gasteiger partial charge is 1.00 e. The summed E-state index contributed by atoms with van der Waals surface area (Å²) >= 11 is 0. The van der Waals surface area contributed by atoms with Gasteiger partial charge < -0.3 is 1.43 Å². The van der Waals surface area contributed by atoms with Gasteiger partial charge in [0, 0.05) is 0 Å². The number of allylic oxidation sites excluding steroid dienone is 4. The Kier molecular flexibility index (Phi) is 3.16. The molecule has 0 saturated carbocycles. The monoisotopic (exact) mass is 88.1 g/mol. The number of rotatable bonds is 0. The Balaban J connectivity index is 0. The van der Waals surface area contributed by atoms with E-state index >= 15 is 0 Å². The molecule has 0 spiro atoms. The third-order valence-electron chi connectivity index (χ3n) is 0.940. The average Bonchev–Trinajstić information content (AvgIpc) is 1.86. The van der Waals surface area contributed by atoms with Crippen molar-refractivity contribution in [2.75, 3.05) is 0 Å². The van der Waals surface area contributed by atoms with Crippen LogP contribution in [0.15, 0.2) is 24.3 Å². The van der Waals surface area contributed by atoms with Crippen LogP contribution in [0.2, 0.25) is 0 Å². The minimum atomic E-state index is 0. The van der Waals surface area contributed by atoms with Crippen LogP contribution >= 0.6 is 0 Å². The largest absolute Gasteiger partial charge is 1.00 e. The standard InChI is InChI=1S/C6H8.Li.H/c1-6-4-2-3-5-6;;/h2-6H,1H3;;/q;+1;-1. The molecule has 0 amide bonds. The molecule has 1 aliphatic carbocycles. The van der Waals surface area contributed by atoms with E-state index in [0.717, 1.165) is 0 Å². The molecule has 1 heteroatoms. The summed E-state index contributed by atoms with van der Waals surface area (Å²) in [6.07, 6.45) is 8.48. The molecule has 0 heterocycles. The summed E-state index contributed by atoms with van der Waals surface area (Å²) in [6, 6.07) is 0. The first-order chi connectivity index (χ1) is 2.89. The zero-order chi connectivity index (χ0) is 4.41. The summed E-state index contributed by atoms with van der Waals surface area (Å²) in [5.74, 6) is 0.685. The van der Waals surface area contributed by atoms with E-state index in [9.17, 15) is 0 Å². The summed E-state index contributed by atoms with van der Waals surface area (Å²) < 4.78 is 0.